The number of phosphoric ester groups is 1. The summed E-state index contributed by atoms with van der Waals surface area (Å²) in [5.74, 6) is -0.451. The topological polar surface area (TPSA) is 151 Å². The van der Waals surface area contributed by atoms with E-state index in [1.54, 1.807) is 6.08 Å². The number of hydrogen-bond donors (Lipinski definition) is 5. The van der Waals surface area contributed by atoms with E-state index in [0.717, 1.165) is 51.4 Å². The molecule has 0 saturated carbocycles. The summed E-state index contributed by atoms with van der Waals surface area (Å²) in [5.41, 5.74) is 5.35. The van der Waals surface area contributed by atoms with Crippen LogP contribution in [0.2, 0.25) is 0 Å². The van der Waals surface area contributed by atoms with E-state index in [9.17, 15) is 24.5 Å². The second-order valence-corrected chi connectivity index (χ2v) is 15.8. The van der Waals surface area contributed by atoms with Crippen molar-refractivity contribution in [1.82, 2.24) is 5.32 Å². The Morgan fingerprint density at radius 2 is 1.10 bits per heavy atom. The van der Waals surface area contributed by atoms with E-state index < -0.39 is 38.6 Å². The molecule has 4 unspecified atom stereocenters. The molecule has 51 heavy (non-hydrogen) atoms. The molecule has 0 aliphatic heterocycles. The molecule has 1 amide bonds. The first kappa shape index (κ1) is 49.9. The van der Waals surface area contributed by atoms with Crippen LogP contribution >= 0.6 is 7.82 Å². The van der Waals surface area contributed by atoms with Crippen molar-refractivity contribution in [1.29, 1.82) is 0 Å². The van der Waals surface area contributed by atoms with E-state index in [1.165, 1.54) is 116 Å². The van der Waals surface area contributed by atoms with E-state index in [4.69, 9.17) is 14.8 Å². The monoisotopic (exact) mass is 745 g/mol. The van der Waals surface area contributed by atoms with Gasteiger partial charge in [0.15, 0.2) is 0 Å². The number of nitrogens with two attached hydrogens (primary N) is 1. The Morgan fingerprint density at radius 3 is 1.59 bits per heavy atom. The number of phosphoric acid groups is 1. The fourth-order valence-electron chi connectivity index (χ4n) is 6.11. The number of amides is 1. The molecule has 4 atom stereocenters. The molecule has 0 heterocycles. The van der Waals surface area contributed by atoms with Crippen molar-refractivity contribution in [2.45, 2.75) is 212 Å². The molecule has 0 rings (SSSR count). The molecular formula is C41H81N2O7P. The zero-order valence-corrected chi connectivity index (χ0v) is 33.9. The minimum atomic E-state index is -4.40. The Kier molecular flexibility index (Phi) is 36.5. The lowest BCUT2D eigenvalue weighted by Crippen LogP contribution is -2.46. The highest BCUT2D eigenvalue weighted by Gasteiger charge is 2.27. The van der Waals surface area contributed by atoms with Gasteiger partial charge < -0.3 is 26.2 Å². The van der Waals surface area contributed by atoms with Gasteiger partial charge in [-0.15, -0.1) is 0 Å². The first-order valence-corrected chi connectivity index (χ1v) is 22.5. The Hall–Kier alpha value is -1.06. The number of nitrogens with one attached hydrogen (secondary N) is 1. The molecule has 0 aliphatic carbocycles. The Balaban J connectivity index is 4.38. The molecule has 0 aromatic carbocycles. The predicted molar refractivity (Wildman–Crippen MR) is 214 cm³/mol. The zero-order valence-electron chi connectivity index (χ0n) is 33.0. The van der Waals surface area contributed by atoms with Crippen LogP contribution in [0.1, 0.15) is 194 Å². The highest BCUT2D eigenvalue weighted by molar-refractivity contribution is 7.47. The van der Waals surface area contributed by atoms with E-state index in [2.05, 4.69) is 31.3 Å². The minimum Gasteiger partial charge on any atom is -0.393 e. The number of unbranched alkanes of at least 4 members (excludes halogenated alkanes) is 23. The quantitative estimate of drug-likeness (QED) is 0.0237. The summed E-state index contributed by atoms with van der Waals surface area (Å²) in [5, 5.41) is 24.0. The fourth-order valence-corrected chi connectivity index (χ4v) is 6.87. The van der Waals surface area contributed by atoms with Crippen molar-refractivity contribution in [2.75, 3.05) is 19.8 Å². The highest BCUT2D eigenvalue weighted by Crippen LogP contribution is 2.43. The van der Waals surface area contributed by atoms with Gasteiger partial charge in [-0.05, 0) is 44.9 Å². The van der Waals surface area contributed by atoms with Gasteiger partial charge in [0.25, 0.3) is 0 Å². The van der Waals surface area contributed by atoms with Crippen LogP contribution in [0.4, 0.5) is 0 Å². The molecule has 10 heteroatoms. The number of aliphatic hydroxyl groups excluding tert-OH is 2. The molecule has 0 saturated heterocycles. The third kappa shape index (κ3) is 35.7. The lowest BCUT2D eigenvalue weighted by Gasteiger charge is -2.24. The molecule has 0 aromatic heterocycles. The number of hydrogen-bond acceptors (Lipinski definition) is 7. The summed E-state index contributed by atoms with van der Waals surface area (Å²) in [7, 11) is -4.40. The normalized spacial score (nSPS) is 15.0. The molecule has 0 aromatic rings. The standard InChI is InChI=1S/C41H81N2O7P/c1-3-5-7-9-11-13-15-17-18-19-21-23-25-27-29-31-33-40(45)39(37-50-51(47,48)49-35-34-42)43-41(46)36-38(44)32-30-28-26-24-22-20-16-14-12-10-8-6-4-2/h14,16,31,33,38-40,44-45H,3-13,15,17-30,32,34-37,42H2,1-2H3,(H,43,46)(H,47,48)/b16-14-,33-31+. The van der Waals surface area contributed by atoms with Gasteiger partial charge in [-0.25, -0.2) is 4.57 Å². The molecular weight excluding hydrogens is 663 g/mol. The van der Waals surface area contributed by atoms with Crippen molar-refractivity contribution in [3.8, 4) is 0 Å². The average molecular weight is 745 g/mol. The first-order chi connectivity index (χ1) is 24.8. The van der Waals surface area contributed by atoms with Gasteiger partial charge in [0, 0.05) is 6.54 Å². The fraction of sp³-hybridized carbons (Fsp3) is 0.878. The molecule has 302 valence electrons. The van der Waals surface area contributed by atoms with Crippen LogP contribution in [0.15, 0.2) is 24.3 Å². The summed E-state index contributed by atoms with van der Waals surface area (Å²) >= 11 is 0. The van der Waals surface area contributed by atoms with Crippen molar-refractivity contribution in [2.24, 2.45) is 5.73 Å². The molecule has 0 spiro atoms. The SMILES string of the molecule is CCCCCC/C=C\CCCCCCCC(O)CC(=O)NC(COP(=O)(O)OCCN)C(O)/C=C/CCCCCCCCCCCCCCCC. The largest absolute Gasteiger partial charge is 0.472 e. The second kappa shape index (κ2) is 37.3. The van der Waals surface area contributed by atoms with Crippen LogP contribution < -0.4 is 11.1 Å². The average Bonchev–Trinajstić information content (AvgIpc) is 3.10. The van der Waals surface area contributed by atoms with Gasteiger partial charge in [-0.3, -0.25) is 13.8 Å². The van der Waals surface area contributed by atoms with Gasteiger partial charge in [0.1, 0.15) is 0 Å². The molecule has 0 aliphatic rings. The zero-order chi connectivity index (χ0) is 37.7. The molecule has 0 bridgehead atoms. The Labute approximate surface area is 313 Å². The summed E-state index contributed by atoms with van der Waals surface area (Å²) in [6.07, 6.45) is 38.3. The first-order valence-electron chi connectivity index (χ1n) is 21.0. The number of carbonyl (C=O) groups is 1. The van der Waals surface area contributed by atoms with Crippen molar-refractivity contribution >= 4 is 13.7 Å². The Morgan fingerprint density at radius 1 is 0.667 bits per heavy atom. The van der Waals surface area contributed by atoms with Crippen molar-refractivity contribution in [3.63, 3.8) is 0 Å². The number of carbonyl (C=O) groups excluding carboxylic acids is 1. The van der Waals surface area contributed by atoms with Crippen molar-refractivity contribution in [3.05, 3.63) is 24.3 Å². The van der Waals surface area contributed by atoms with E-state index in [-0.39, 0.29) is 19.6 Å². The van der Waals surface area contributed by atoms with Gasteiger partial charge in [-0.1, -0.05) is 167 Å². The lowest BCUT2D eigenvalue weighted by molar-refractivity contribution is -0.124. The summed E-state index contributed by atoms with van der Waals surface area (Å²) in [6.45, 7) is 3.95. The molecule has 9 nitrogen and oxygen atoms in total. The number of allylic oxidation sites excluding steroid dienone is 3. The van der Waals surface area contributed by atoms with E-state index in [1.807, 2.05) is 6.08 Å². The maximum Gasteiger partial charge on any atom is 0.472 e. The van der Waals surface area contributed by atoms with Gasteiger partial charge in [0.05, 0.1) is 37.9 Å². The predicted octanol–water partition coefficient (Wildman–Crippen LogP) is 10.4. The summed E-state index contributed by atoms with van der Waals surface area (Å²) in [6, 6.07) is -0.982. The van der Waals surface area contributed by atoms with Crippen LogP contribution in [-0.2, 0) is 18.4 Å². The van der Waals surface area contributed by atoms with E-state index in [0.29, 0.717) is 6.42 Å². The van der Waals surface area contributed by atoms with Gasteiger partial charge >= 0.3 is 7.82 Å². The van der Waals surface area contributed by atoms with Crippen LogP contribution in [0.3, 0.4) is 0 Å². The molecule has 0 radical (unpaired) electrons. The minimum absolute atomic E-state index is 0.0488. The number of aliphatic hydroxyl groups is 2. The van der Waals surface area contributed by atoms with Crippen LogP contribution in [-0.4, -0.2) is 59.0 Å². The highest BCUT2D eigenvalue weighted by atomic mass is 31.2. The summed E-state index contributed by atoms with van der Waals surface area (Å²) in [4.78, 5) is 22.7. The van der Waals surface area contributed by atoms with Gasteiger partial charge in [0.2, 0.25) is 5.91 Å². The molecule has 0 fully saturated rings. The third-order valence-electron chi connectivity index (χ3n) is 9.33. The van der Waals surface area contributed by atoms with E-state index >= 15 is 0 Å². The molecule has 6 N–H and O–H groups in total. The van der Waals surface area contributed by atoms with Crippen molar-refractivity contribution < 1.29 is 33.5 Å². The number of rotatable bonds is 39. The maximum absolute atomic E-state index is 12.8. The third-order valence-corrected chi connectivity index (χ3v) is 10.3. The van der Waals surface area contributed by atoms with Crippen LogP contribution in [0.5, 0.6) is 0 Å². The summed E-state index contributed by atoms with van der Waals surface area (Å²) < 4.78 is 22.0. The van der Waals surface area contributed by atoms with Gasteiger partial charge in [-0.2, -0.15) is 0 Å². The van der Waals surface area contributed by atoms with Crippen LogP contribution in [0.25, 0.3) is 0 Å². The van der Waals surface area contributed by atoms with Crippen LogP contribution in [0, 0.1) is 0 Å². The Bertz CT molecular complexity index is 873. The second-order valence-electron chi connectivity index (χ2n) is 14.4. The maximum atomic E-state index is 12.8. The lowest BCUT2D eigenvalue weighted by atomic mass is 10.0. The smallest absolute Gasteiger partial charge is 0.393 e.